The minimum Gasteiger partial charge on any atom is -0.465 e. The number of methoxy groups -OCH3 is 1. The number of nitrogens with one attached hydrogen (secondary N) is 1. The Labute approximate surface area is 161 Å². The maximum Gasteiger partial charge on any atom is 0.341 e. The monoisotopic (exact) mass is 390 g/mol. The molecule has 2 aromatic rings. The van der Waals surface area contributed by atoms with Gasteiger partial charge in [-0.15, -0.1) is 23.1 Å². The fraction of sp³-hybridized carbons (Fsp3) is 0.368. The minimum atomic E-state index is -0.376. The minimum absolute atomic E-state index is 0.129. The predicted molar refractivity (Wildman–Crippen MR) is 107 cm³/mol. The number of amides is 1. The molecule has 0 saturated carbocycles. The van der Waals surface area contributed by atoms with Gasteiger partial charge in [0, 0.05) is 15.5 Å². The lowest BCUT2D eigenvalue weighted by molar-refractivity contribution is -0.115. The second-order valence-electron chi connectivity index (χ2n) is 6.22. The third-order valence-corrected chi connectivity index (χ3v) is 6.68. The summed E-state index contributed by atoms with van der Waals surface area (Å²) < 4.78 is 4.95. The van der Waals surface area contributed by atoms with Crippen LogP contribution in [-0.4, -0.2) is 24.2 Å². The van der Waals surface area contributed by atoms with Gasteiger partial charge in [-0.1, -0.05) is 0 Å². The molecule has 1 unspecified atom stereocenters. The number of nitrogen functional groups attached to an aromatic ring is 1. The molecule has 3 rings (SSSR count). The van der Waals surface area contributed by atoms with Crippen molar-refractivity contribution in [3.63, 3.8) is 0 Å². The second kappa shape index (κ2) is 8.14. The average Bonchev–Trinajstić information content (AvgIpc) is 3.00. The van der Waals surface area contributed by atoms with Gasteiger partial charge in [0.25, 0.3) is 0 Å². The van der Waals surface area contributed by atoms with Crippen LogP contribution in [0.3, 0.4) is 0 Å². The molecule has 0 radical (unpaired) electrons. The fourth-order valence-corrected chi connectivity index (χ4v) is 5.14. The zero-order chi connectivity index (χ0) is 18.7. The molecule has 7 heteroatoms. The summed E-state index contributed by atoms with van der Waals surface area (Å²) in [5.41, 5.74) is 7.96. The van der Waals surface area contributed by atoms with Crippen LogP contribution in [0.25, 0.3) is 0 Å². The van der Waals surface area contributed by atoms with Gasteiger partial charge in [-0.25, -0.2) is 4.79 Å². The highest BCUT2D eigenvalue weighted by molar-refractivity contribution is 8.00. The van der Waals surface area contributed by atoms with Crippen molar-refractivity contribution in [1.82, 2.24) is 0 Å². The zero-order valence-electron chi connectivity index (χ0n) is 14.8. The molecule has 0 saturated heterocycles. The molecule has 1 aliphatic rings. The summed E-state index contributed by atoms with van der Waals surface area (Å²) in [6.45, 7) is 1.85. The van der Waals surface area contributed by atoms with Gasteiger partial charge in [0.05, 0.1) is 17.9 Å². The second-order valence-corrected chi connectivity index (χ2v) is 8.74. The first-order valence-electron chi connectivity index (χ1n) is 8.55. The van der Waals surface area contributed by atoms with Crippen molar-refractivity contribution >= 4 is 45.7 Å². The van der Waals surface area contributed by atoms with Gasteiger partial charge < -0.3 is 15.8 Å². The van der Waals surface area contributed by atoms with E-state index in [-0.39, 0.29) is 17.1 Å². The molecule has 1 atom stereocenters. The summed E-state index contributed by atoms with van der Waals surface area (Å²) in [6.07, 6.45) is 3.99. The van der Waals surface area contributed by atoms with Crippen molar-refractivity contribution in [3.05, 3.63) is 40.3 Å². The maximum absolute atomic E-state index is 12.7. The number of nitrogens with two attached hydrogens (primary N) is 1. The Morgan fingerprint density at radius 1 is 1.23 bits per heavy atom. The van der Waals surface area contributed by atoms with E-state index >= 15 is 0 Å². The van der Waals surface area contributed by atoms with E-state index in [1.54, 1.807) is 0 Å². The quantitative estimate of drug-likeness (QED) is 0.456. The van der Waals surface area contributed by atoms with Gasteiger partial charge in [-0.05, 0) is 62.4 Å². The summed E-state index contributed by atoms with van der Waals surface area (Å²) in [5.74, 6) is -0.505. The lowest BCUT2D eigenvalue weighted by Gasteiger charge is -2.13. The number of fused-ring (bicyclic) bond motifs is 1. The Morgan fingerprint density at radius 2 is 1.92 bits per heavy atom. The van der Waals surface area contributed by atoms with Crippen LogP contribution in [0.5, 0.6) is 0 Å². The molecule has 0 aliphatic heterocycles. The largest absolute Gasteiger partial charge is 0.465 e. The third kappa shape index (κ3) is 4.04. The van der Waals surface area contributed by atoms with Crippen molar-refractivity contribution in [2.45, 2.75) is 42.8 Å². The van der Waals surface area contributed by atoms with Gasteiger partial charge in [-0.3, -0.25) is 4.79 Å². The van der Waals surface area contributed by atoms with E-state index in [0.29, 0.717) is 16.3 Å². The number of carbonyl (C=O) groups excluding carboxylic acids is 2. The summed E-state index contributed by atoms with van der Waals surface area (Å²) in [7, 11) is 1.38. The first-order chi connectivity index (χ1) is 12.5. The van der Waals surface area contributed by atoms with E-state index in [2.05, 4.69) is 5.32 Å². The Bertz CT molecular complexity index is 815. The molecular weight excluding hydrogens is 368 g/mol. The molecule has 0 spiro atoms. The smallest absolute Gasteiger partial charge is 0.341 e. The number of anilines is 2. The van der Waals surface area contributed by atoms with Crippen molar-refractivity contribution in [1.29, 1.82) is 0 Å². The maximum atomic E-state index is 12.7. The van der Waals surface area contributed by atoms with Crippen molar-refractivity contribution in [3.8, 4) is 0 Å². The Hall–Kier alpha value is -1.99. The van der Waals surface area contributed by atoms with Crippen LogP contribution in [0.4, 0.5) is 10.7 Å². The molecular formula is C19H22N2O3S2. The summed E-state index contributed by atoms with van der Waals surface area (Å²) in [6, 6.07) is 7.42. The van der Waals surface area contributed by atoms with Crippen LogP contribution in [0, 0.1) is 0 Å². The van der Waals surface area contributed by atoms with Crippen molar-refractivity contribution in [2.75, 3.05) is 18.2 Å². The van der Waals surface area contributed by atoms with Crippen LogP contribution in [0.1, 0.15) is 40.6 Å². The van der Waals surface area contributed by atoms with Crippen molar-refractivity contribution < 1.29 is 14.3 Å². The van der Waals surface area contributed by atoms with E-state index in [0.717, 1.165) is 36.1 Å². The molecule has 3 N–H and O–H groups in total. The summed E-state index contributed by atoms with van der Waals surface area (Å²) in [5, 5.41) is 3.25. The fourth-order valence-electron chi connectivity index (χ4n) is 2.99. The number of esters is 1. The molecule has 1 heterocycles. The van der Waals surface area contributed by atoms with E-state index in [9.17, 15) is 9.59 Å². The lowest BCUT2D eigenvalue weighted by atomic mass is 9.95. The predicted octanol–water partition coefficient (Wildman–Crippen LogP) is 4.12. The number of carbonyl (C=O) groups is 2. The number of aryl methyl sites for hydroxylation is 1. The van der Waals surface area contributed by atoms with Crippen LogP contribution >= 0.6 is 23.1 Å². The first-order valence-corrected chi connectivity index (χ1v) is 10.2. The standard InChI is InChI=1S/C19H22N2O3S2/c1-11(25-13-9-7-12(20)8-10-13)17(22)21-18-16(19(23)24-2)14-5-3-4-6-15(14)26-18/h7-11H,3-6,20H2,1-2H3,(H,21,22). The molecule has 138 valence electrons. The van der Waals surface area contributed by atoms with Gasteiger partial charge >= 0.3 is 5.97 Å². The SMILES string of the molecule is COC(=O)c1c(NC(=O)C(C)Sc2ccc(N)cc2)sc2c1CCCC2. The third-order valence-electron chi connectivity index (χ3n) is 4.36. The number of benzene rings is 1. The van der Waals surface area contributed by atoms with E-state index in [4.69, 9.17) is 10.5 Å². The topological polar surface area (TPSA) is 81.4 Å². The van der Waals surface area contributed by atoms with Crippen LogP contribution < -0.4 is 11.1 Å². The highest BCUT2D eigenvalue weighted by Gasteiger charge is 2.27. The normalized spacial score (nSPS) is 14.4. The summed E-state index contributed by atoms with van der Waals surface area (Å²) >= 11 is 2.96. The molecule has 5 nitrogen and oxygen atoms in total. The Morgan fingerprint density at radius 3 is 2.62 bits per heavy atom. The van der Waals surface area contributed by atoms with Crippen LogP contribution in [-0.2, 0) is 22.4 Å². The molecule has 26 heavy (non-hydrogen) atoms. The lowest BCUT2D eigenvalue weighted by Crippen LogP contribution is -2.23. The molecule has 1 aromatic heterocycles. The molecule has 0 fully saturated rings. The van der Waals surface area contributed by atoms with Crippen LogP contribution in [0.2, 0.25) is 0 Å². The van der Waals surface area contributed by atoms with Crippen molar-refractivity contribution in [2.24, 2.45) is 0 Å². The number of ether oxygens (including phenoxy) is 1. The number of thioether (sulfide) groups is 1. The number of rotatable bonds is 5. The van der Waals surface area contributed by atoms with Gasteiger partial charge in [-0.2, -0.15) is 0 Å². The van der Waals surface area contributed by atoms with E-state index in [1.807, 2.05) is 31.2 Å². The Balaban J connectivity index is 1.77. The summed E-state index contributed by atoms with van der Waals surface area (Å²) in [4.78, 5) is 27.1. The number of hydrogen-bond acceptors (Lipinski definition) is 6. The molecule has 0 bridgehead atoms. The van der Waals surface area contributed by atoms with E-state index in [1.165, 1.54) is 35.1 Å². The van der Waals surface area contributed by atoms with Gasteiger partial charge in [0.2, 0.25) is 5.91 Å². The van der Waals surface area contributed by atoms with Gasteiger partial charge in [0.15, 0.2) is 0 Å². The number of thiophene rings is 1. The average molecular weight is 391 g/mol. The highest BCUT2D eigenvalue weighted by Crippen LogP contribution is 2.39. The zero-order valence-corrected chi connectivity index (χ0v) is 16.5. The number of hydrogen-bond donors (Lipinski definition) is 2. The van der Waals surface area contributed by atoms with Crippen LogP contribution in [0.15, 0.2) is 29.2 Å². The highest BCUT2D eigenvalue weighted by atomic mass is 32.2. The van der Waals surface area contributed by atoms with E-state index < -0.39 is 0 Å². The molecule has 1 amide bonds. The molecule has 1 aliphatic carbocycles. The Kier molecular flexibility index (Phi) is 5.88. The molecule has 1 aromatic carbocycles. The van der Waals surface area contributed by atoms with Gasteiger partial charge in [0.1, 0.15) is 5.00 Å². The first kappa shape index (κ1) is 18.8.